The summed E-state index contributed by atoms with van der Waals surface area (Å²) in [6.45, 7) is 6.59. The number of nitrogens with one attached hydrogen (secondary N) is 1. The summed E-state index contributed by atoms with van der Waals surface area (Å²) in [6, 6.07) is 0.749. The standard InChI is InChI=1S/C11H22N2/c1-3-6-11(7-4-2)13-9-5-8-12-10-13/h5,9,11-12H,3-4,6-8,10H2,1-2H3. The van der Waals surface area contributed by atoms with E-state index < -0.39 is 0 Å². The lowest BCUT2D eigenvalue weighted by molar-refractivity contribution is 0.223. The highest BCUT2D eigenvalue weighted by atomic mass is 15.2. The van der Waals surface area contributed by atoms with Gasteiger partial charge in [0.05, 0.1) is 6.67 Å². The molecule has 1 aliphatic rings. The number of hydrogen-bond acceptors (Lipinski definition) is 2. The van der Waals surface area contributed by atoms with Crippen molar-refractivity contribution in [2.45, 2.75) is 45.6 Å². The van der Waals surface area contributed by atoms with E-state index in [4.69, 9.17) is 0 Å². The maximum atomic E-state index is 3.37. The fourth-order valence-corrected chi connectivity index (χ4v) is 1.91. The van der Waals surface area contributed by atoms with E-state index in [1.54, 1.807) is 0 Å². The van der Waals surface area contributed by atoms with Crippen LogP contribution < -0.4 is 5.32 Å². The Balaban J connectivity index is 2.41. The Hall–Kier alpha value is -0.500. The van der Waals surface area contributed by atoms with Gasteiger partial charge < -0.3 is 4.90 Å². The third-order valence-electron chi connectivity index (χ3n) is 2.57. The zero-order valence-electron chi connectivity index (χ0n) is 8.92. The molecule has 13 heavy (non-hydrogen) atoms. The van der Waals surface area contributed by atoms with Gasteiger partial charge in [0, 0.05) is 12.6 Å². The zero-order valence-corrected chi connectivity index (χ0v) is 8.92. The summed E-state index contributed by atoms with van der Waals surface area (Å²) in [5, 5.41) is 3.37. The van der Waals surface area contributed by atoms with Gasteiger partial charge in [-0.2, -0.15) is 0 Å². The molecule has 0 radical (unpaired) electrons. The first-order valence-corrected chi connectivity index (χ1v) is 5.51. The summed E-state index contributed by atoms with van der Waals surface area (Å²) >= 11 is 0. The topological polar surface area (TPSA) is 15.3 Å². The van der Waals surface area contributed by atoms with Gasteiger partial charge in [-0.25, -0.2) is 0 Å². The van der Waals surface area contributed by atoms with Crippen molar-refractivity contribution in [1.29, 1.82) is 0 Å². The van der Waals surface area contributed by atoms with Crippen molar-refractivity contribution >= 4 is 0 Å². The van der Waals surface area contributed by atoms with Gasteiger partial charge in [0.1, 0.15) is 0 Å². The molecular weight excluding hydrogens is 160 g/mol. The van der Waals surface area contributed by atoms with Crippen LogP contribution in [0.25, 0.3) is 0 Å². The molecule has 0 bridgehead atoms. The lowest BCUT2D eigenvalue weighted by Crippen LogP contribution is -2.40. The molecule has 0 saturated carbocycles. The number of hydrogen-bond donors (Lipinski definition) is 1. The Morgan fingerprint density at radius 2 is 2.00 bits per heavy atom. The van der Waals surface area contributed by atoms with Crippen molar-refractivity contribution in [2.24, 2.45) is 0 Å². The van der Waals surface area contributed by atoms with Crippen molar-refractivity contribution in [1.82, 2.24) is 10.2 Å². The summed E-state index contributed by atoms with van der Waals surface area (Å²) in [5.41, 5.74) is 0. The smallest absolute Gasteiger partial charge is 0.0681 e. The predicted octanol–water partition coefficient (Wildman–Crippen LogP) is 2.33. The molecular formula is C11H22N2. The van der Waals surface area contributed by atoms with Crippen LogP contribution in [0.15, 0.2) is 12.3 Å². The molecule has 0 aliphatic carbocycles. The first-order valence-electron chi connectivity index (χ1n) is 5.51. The molecule has 1 rings (SSSR count). The second-order valence-corrected chi connectivity index (χ2v) is 3.74. The molecule has 0 spiro atoms. The predicted molar refractivity (Wildman–Crippen MR) is 57.5 cm³/mol. The van der Waals surface area contributed by atoms with Crippen LogP contribution in [-0.2, 0) is 0 Å². The van der Waals surface area contributed by atoms with Gasteiger partial charge >= 0.3 is 0 Å². The first-order chi connectivity index (χ1) is 6.38. The van der Waals surface area contributed by atoms with E-state index in [-0.39, 0.29) is 0 Å². The van der Waals surface area contributed by atoms with E-state index in [0.29, 0.717) is 0 Å². The summed E-state index contributed by atoms with van der Waals surface area (Å²) in [4.78, 5) is 2.44. The van der Waals surface area contributed by atoms with Gasteiger partial charge in [-0.1, -0.05) is 32.8 Å². The minimum absolute atomic E-state index is 0.749. The second-order valence-electron chi connectivity index (χ2n) is 3.74. The third kappa shape index (κ3) is 3.39. The first kappa shape index (κ1) is 10.6. The van der Waals surface area contributed by atoms with Crippen LogP contribution in [0, 0.1) is 0 Å². The molecule has 1 aliphatic heterocycles. The molecule has 2 nitrogen and oxygen atoms in total. The monoisotopic (exact) mass is 182 g/mol. The Bertz CT molecular complexity index is 148. The van der Waals surface area contributed by atoms with Gasteiger partial charge in [-0.3, -0.25) is 5.32 Å². The highest BCUT2D eigenvalue weighted by molar-refractivity contribution is 4.91. The van der Waals surface area contributed by atoms with Crippen LogP contribution in [-0.4, -0.2) is 24.2 Å². The molecule has 0 amide bonds. The lowest BCUT2D eigenvalue weighted by Gasteiger charge is -2.32. The minimum Gasteiger partial charge on any atom is -0.362 e. The van der Waals surface area contributed by atoms with Crippen molar-refractivity contribution in [3.8, 4) is 0 Å². The summed E-state index contributed by atoms with van der Waals surface area (Å²) in [5.74, 6) is 0. The lowest BCUT2D eigenvalue weighted by atomic mass is 10.1. The zero-order chi connectivity index (χ0) is 9.52. The molecule has 0 aromatic heterocycles. The van der Waals surface area contributed by atoms with Gasteiger partial charge in [0.2, 0.25) is 0 Å². The fraction of sp³-hybridized carbons (Fsp3) is 0.818. The van der Waals surface area contributed by atoms with Crippen LogP contribution >= 0.6 is 0 Å². The number of nitrogens with zero attached hydrogens (tertiary/aromatic N) is 1. The molecule has 0 aromatic carbocycles. The van der Waals surface area contributed by atoms with Crippen molar-refractivity contribution in [3.63, 3.8) is 0 Å². The third-order valence-corrected chi connectivity index (χ3v) is 2.57. The molecule has 2 heteroatoms. The van der Waals surface area contributed by atoms with E-state index >= 15 is 0 Å². The van der Waals surface area contributed by atoms with E-state index in [1.165, 1.54) is 25.7 Å². The Morgan fingerprint density at radius 3 is 2.46 bits per heavy atom. The summed E-state index contributed by atoms with van der Waals surface area (Å²) < 4.78 is 0. The molecule has 0 atom stereocenters. The molecule has 1 heterocycles. The van der Waals surface area contributed by atoms with E-state index in [9.17, 15) is 0 Å². The Kier molecular flexibility index (Phi) is 4.91. The molecule has 0 unspecified atom stereocenters. The van der Waals surface area contributed by atoms with Gasteiger partial charge in [-0.05, 0) is 19.0 Å². The van der Waals surface area contributed by atoms with E-state index in [2.05, 4.69) is 36.3 Å². The van der Waals surface area contributed by atoms with Crippen LogP contribution in [0.2, 0.25) is 0 Å². The van der Waals surface area contributed by atoms with Gasteiger partial charge in [0.25, 0.3) is 0 Å². The highest BCUT2D eigenvalue weighted by Crippen LogP contribution is 2.13. The highest BCUT2D eigenvalue weighted by Gasteiger charge is 2.14. The Morgan fingerprint density at radius 1 is 1.31 bits per heavy atom. The van der Waals surface area contributed by atoms with Crippen LogP contribution in [0.4, 0.5) is 0 Å². The molecule has 0 aromatic rings. The SMILES string of the molecule is CCCC(CCC)N1C=CCNC1. The van der Waals surface area contributed by atoms with Gasteiger partial charge in [-0.15, -0.1) is 0 Å². The maximum Gasteiger partial charge on any atom is 0.0681 e. The number of rotatable bonds is 5. The summed E-state index contributed by atoms with van der Waals surface area (Å²) in [7, 11) is 0. The van der Waals surface area contributed by atoms with Crippen LogP contribution in [0.3, 0.4) is 0 Å². The molecule has 1 N–H and O–H groups in total. The maximum absolute atomic E-state index is 3.37. The average Bonchev–Trinajstić information content (AvgIpc) is 2.19. The van der Waals surface area contributed by atoms with Crippen molar-refractivity contribution in [2.75, 3.05) is 13.2 Å². The molecule has 0 fully saturated rings. The summed E-state index contributed by atoms with van der Waals surface area (Å²) in [6.07, 6.45) is 9.68. The second kappa shape index (κ2) is 6.03. The largest absolute Gasteiger partial charge is 0.362 e. The minimum atomic E-state index is 0.749. The molecule has 0 saturated heterocycles. The van der Waals surface area contributed by atoms with Crippen LogP contribution in [0.1, 0.15) is 39.5 Å². The fourth-order valence-electron chi connectivity index (χ4n) is 1.91. The van der Waals surface area contributed by atoms with Crippen molar-refractivity contribution < 1.29 is 0 Å². The quantitative estimate of drug-likeness (QED) is 0.702. The van der Waals surface area contributed by atoms with Crippen molar-refractivity contribution in [3.05, 3.63) is 12.3 Å². The van der Waals surface area contributed by atoms with Crippen LogP contribution in [0.5, 0.6) is 0 Å². The van der Waals surface area contributed by atoms with Gasteiger partial charge in [0.15, 0.2) is 0 Å². The molecule has 76 valence electrons. The normalized spacial score (nSPS) is 17.0. The van der Waals surface area contributed by atoms with E-state index in [0.717, 1.165) is 19.3 Å². The van der Waals surface area contributed by atoms with E-state index in [1.807, 2.05) is 0 Å². The Labute approximate surface area is 82.0 Å². The average molecular weight is 182 g/mol.